The Labute approximate surface area is 163 Å². The van der Waals surface area contributed by atoms with Gasteiger partial charge in [-0.2, -0.15) is 0 Å². The minimum absolute atomic E-state index is 0.0938. The number of hydrogen-bond acceptors (Lipinski definition) is 3. The molecule has 4 aliphatic rings. The van der Waals surface area contributed by atoms with Gasteiger partial charge in [0.2, 0.25) is 5.91 Å². The predicted molar refractivity (Wildman–Crippen MR) is 107 cm³/mol. The molecule has 1 atom stereocenters. The van der Waals surface area contributed by atoms with Crippen molar-refractivity contribution in [3.63, 3.8) is 0 Å². The molecular weight excluding hydrogens is 354 g/mol. The number of H-pyrrole nitrogens is 1. The molecule has 4 fully saturated rings. The van der Waals surface area contributed by atoms with E-state index in [2.05, 4.69) is 17.3 Å². The van der Waals surface area contributed by atoms with Gasteiger partial charge < -0.3 is 5.32 Å². The molecule has 6 rings (SSSR count). The van der Waals surface area contributed by atoms with Crippen LogP contribution < -0.4 is 16.4 Å². The SMILES string of the molecule is C[C@H](NC(=O)Cn1[nH]c(=O)c2ccccc2c1=O)C12CC3CC(CC(C3)C1)C2. The van der Waals surface area contributed by atoms with Gasteiger partial charge in [-0.1, -0.05) is 12.1 Å². The van der Waals surface area contributed by atoms with Crippen molar-refractivity contribution in [3.8, 4) is 0 Å². The molecule has 1 heterocycles. The highest BCUT2D eigenvalue weighted by Crippen LogP contribution is 2.61. The van der Waals surface area contributed by atoms with Crippen LogP contribution in [0.2, 0.25) is 0 Å². The van der Waals surface area contributed by atoms with Crippen LogP contribution in [0.4, 0.5) is 0 Å². The summed E-state index contributed by atoms with van der Waals surface area (Å²) in [6, 6.07) is 6.79. The minimum atomic E-state index is -0.350. The summed E-state index contributed by atoms with van der Waals surface area (Å²) < 4.78 is 1.13. The highest BCUT2D eigenvalue weighted by Gasteiger charge is 2.53. The summed E-state index contributed by atoms with van der Waals surface area (Å²) in [4.78, 5) is 37.6. The molecule has 0 radical (unpaired) electrons. The van der Waals surface area contributed by atoms with Crippen LogP contribution in [0.1, 0.15) is 45.4 Å². The molecule has 1 amide bonds. The Bertz CT molecular complexity index is 1020. The molecule has 4 saturated carbocycles. The Balaban J connectivity index is 1.34. The first-order valence-corrected chi connectivity index (χ1v) is 10.4. The van der Waals surface area contributed by atoms with Gasteiger partial charge in [0.05, 0.1) is 10.8 Å². The van der Waals surface area contributed by atoms with Gasteiger partial charge in [0.25, 0.3) is 11.1 Å². The standard InChI is InChI=1S/C22H27N3O3/c1-13(22-9-14-6-15(10-22)8-16(7-14)11-22)23-19(26)12-25-21(28)18-5-3-2-4-17(18)20(27)24-25/h2-5,13-16H,6-12H2,1H3,(H,23,26)(H,24,27)/t13-,14?,15?,16?,22?/m0/s1. The van der Waals surface area contributed by atoms with Crippen molar-refractivity contribution in [2.24, 2.45) is 23.2 Å². The molecule has 6 nitrogen and oxygen atoms in total. The Morgan fingerprint density at radius 3 is 2.29 bits per heavy atom. The number of fused-ring (bicyclic) bond motifs is 1. The van der Waals surface area contributed by atoms with Crippen molar-refractivity contribution in [1.29, 1.82) is 0 Å². The quantitative estimate of drug-likeness (QED) is 0.853. The average Bonchev–Trinajstić information content (AvgIpc) is 2.65. The van der Waals surface area contributed by atoms with Gasteiger partial charge in [0.1, 0.15) is 6.54 Å². The largest absolute Gasteiger partial charge is 0.351 e. The number of aromatic nitrogens is 2. The smallest absolute Gasteiger partial charge is 0.273 e. The number of rotatable bonds is 4. The summed E-state index contributed by atoms with van der Waals surface area (Å²) in [7, 11) is 0. The number of aromatic amines is 1. The number of hydrogen-bond donors (Lipinski definition) is 2. The molecule has 4 bridgehead atoms. The lowest BCUT2D eigenvalue weighted by atomic mass is 9.48. The van der Waals surface area contributed by atoms with Gasteiger partial charge in [-0.25, -0.2) is 4.68 Å². The molecule has 2 N–H and O–H groups in total. The van der Waals surface area contributed by atoms with E-state index in [0.717, 1.165) is 22.4 Å². The second kappa shape index (κ2) is 6.33. The topological polar surface area (TPSA) is 84.0 Å². The van der Waals surface area contributed by atoms with Crippen molar-refractivity contribution in [2.45, 2.75) is 58.0 Å². The van der Waals surface area contributed by atoms with Gasteiger partial charge in [-0.15, -0.1) is 0 Å². The fraction of sp³-hybridized carbons (Fsp3) is 0.591. The van der Waals surface area contributed by atoms with Crippen LogP contribution in [0.25, 0.3) is 10.8 Å². The van der Waals surface area contributed by atoms with E-state index in [4.69, 9.17) is 0 Å². The van der Waals surface area contributed by atoms with Gasteiger partial charge in [0.15, 0.2) is 0 Å². The second-order valence-electron chi connectivity index (χ2n) is 9.45. The fourth-order valence-electron chi connectivity index (χ4n) is 6.65. The van der Waals surface area contributed by atoms with Crippen molar-refractivity contribution in [2.75, 3.05) is 0 Å². The highest BCUT2D eigenvalue weighted by atomic mass is 16.2. The monoisotopic (exact) mass is 381 g/mol. The summed E-state index contributed by atoms with van der Waals surface area (Å²) in [5, 5.41) is 6.40. The van der Waals surface area contributed by atoms with Crippen molar-refractivity contribution < 1.29 is 4.79 Å². The number of nitrogens with zero attached hydrogens (tertiary/aromatic N) is 1. The summed E-state index contributed by atoms with van der Waals surface area (Å²) in [6.45, 7) is 1.96. The molecule has 148 valence electrons. The maximum absolute atomic E-state index is 12.7. The average molecular weight is 381 g/mol. The van der Waals surface area contributed by atoms with Gasteiger partial charge in [-0.05, 0) is 80.8 Å². The van der Waals surface area contributed by atoms with Crippen molar-refractivity contribution in [3.05, 3.63) is 45.0 Å². The summed E-state index contributed by atoms with van der Waals surface area (Å²) in [5.74, 6) is 2.26. The number of benzene rings is 1. The normalized spacial score (nSPS) is 31.8. The Morgan fingerprint density at radius 2 is 1.68 bits per heavy atom. The van der Waals surface area contributed by atoms with E-state index in [1.54, 1.807) is 24.3 Å². The van der Waals surface area contributed by atoms with Gasteiger partial charge in [0, 0.05) is 6.04 Å². The van der Waals surface area contributed by atoms with Crippen molar-refractivity contribution in [1.82, 2.24) is 15.1 Å². The maximum Gasteiger partial charge on any atom is 0.273 e. The second-order valence-corrected chi connectivity index (χ2v) is 9.45. The lowest BCUT2D eigenvalue weighted by molar-refractivity contribution is -0.126. The highest BCUT2D eigenvalue weighted by molar-refractivity contribution is 5.81. The van der Waals surface area contributed by atoms with Crippen LogP contribution in [0.5, 0.6) is 0 Å². The van der Waals surface area contributed by atoms with Gasteiger partial charge in [-0.3, -0.25) is 19.5 Å². The molecule has 1 aromatic carbocycles. The Kier molecular flexibility index (Phi) is 4.00. The lowest BCUT2D eigenvalue weighted by Gasteiger charge is -2.59. The zero-order chi connectivity index (χ0) is 19.5. The number of nitrogens with one attached hydrogen (secondary N) is 2. The van der Waals surface area contributed by atoms with Crippen LogP contribution >= 0.6 is 0 Å². The Hall–Kier alpha value is -2.37. The Morgan fingerprint density at radius 1 is 1.11 bits per heavy atom. The van der Waals surface area contributed by atoms with E-state index < -0.39 is 0 Å². The number of carbonyl (C=O) groups excluding carboxylic acids is 1. The zero-order valence-electron chi connectivity index (χ0n) is 16.2. The number of carbonyl (C=O) groups is 1. The fourth-order valence-corrected chi connectivity index (χ4v) is 6.65. The predicted octanol–water partition coefficient (Wildman–Crippen LogP) is 2.41. The molecule has 4 aliphatic carbocycles. The van der Waals surface area contributed by atoms with E-state index in [1.165, 1.54) is 38.5 Å². The minimum Gasteiger partial charge on any atom is -0.351 e. The van der Waals surface area contributed by atoms with Crippen LogP contribution in [-0.2, 0) is 11.3 Å². The molecule has 6 heteroatoms. The van der Waals surface area contributed by atoms with Gasteiger partial charge >= 0.3 is 0 Å². The van der Waals surface area contributed by atoms with Crippen LogP contribution in [0, 0.1) is 23.2 Å². The third kappa shape index (κ3) is 2.81. The third-order valence-electron chi connectivity index (χ3n) is 7.57. The first-order valence-electron chi connectivity index (χ1n) is 10.4. The van der Waals surface area contributed by atoms with Crippen LogP contribution in [-0.4, -0.2) is 21.7 Å². The number of amides is 1. The molecule has 1 aromatic heterocycles. The van der Waals surface area contributed by atoms with Crippen LogP contribution in [0.15, 0.2) is 33.9 Å². The third-order valence-corrected chi connectivity index (χ3v) is 7.57. The molecule has 0 aliphatic heterocycles. The molecular formula is C22H27N3O3. The molecule has 2 aromatic rings. The summed E-state index contributed by atoms with van der Waals surface area (Å²) in [5.41, 5.74) is -0.475. The molecule has 28 heavy (non-hydrogen) atoms. The van der Waals surface area contributed by atoms with E-state index in [1.807, 2.05) is 0 Å². The summed E-state index contributed by atoms with van der Waals surface area (Å²) >= 11 is 0. The maximum atomic E-state index is 12.7. The molecule has 0 unspecified atom stereocenters. The van der Waals surface area contributed by atoms with Crippen molar-refractivity contribution >= 4 is 16.7 Å². The first-order chi connectivity index (χ1) is 13.4. The molecule has 0 spiro atoms. The summed E-state index contributed by atoms with van der Waals surface area (Å²) in [6.07, 6.45) is 7.75. The van der Waals surface area contributed by atoms with E-state index in [0.29, 0.717) is 10.8 Å². The van der Waals surface area contributed by atoms with E-state index >= 15 is 0 Å². The van der Waals surface area contributed by atoms with Crippen LogP contribution in [0.3, 0.4) is 0 Å². The van der Waals surface area contributed by atoms with E-state index in [9.17, 15) is 14.4 Å². The first kappa shape index (κ1) is 17.7. The zero-order valence-corrected chi connectivity index (χ0v) is 16.2. The molecule has 0 saturated heterocycles. The van der Waals surface area contributed by atoms with E-state index in [-0.39, 0.29) is 35.0 Å². The lowest BCUT2D eigenvalue weighted by Crippen LogP contribution is -2.56.